The molecule has 5 nitrogen and oxygen atoms in total. The number of hydrogen-bond donors (Lipinski definition) is 0. The van der Waals surface area contributed by atoms with Crippen LogP contribution in [-0.4, -0.2) is 56.0 Å². The topological polar surface area (TPSA) is 63.7 Å². The maximum absolute atomic E-state index is 12.6. The van der Waals surface area contributed by atoms with Crippen molar-refractivity contribution in [2.75, 3.05) is 24.7 Å². The summed E-state index contributed by atoms with van der Waals surface area (Å²) in [5.74, 6) is 0.107. The van der Waals surface area contributed by atoms with Crippen molar-refractivity contribution in [3.05, 3.63) is 28.5 Å². The SMILES string of the molecule is O=C(/C=C/c1cccs1)N(C[C@H]1CCCO1)[C@H]1CCS(=O)(=O)C1. The molecule has 0 spiro atoms. The highest BCUT2D eigenvalue weighted by Crippen LogP contribution is 2.22. The highest BCUT2D eigenvalue weighted by atomic mass is 32.2. The van der Waals surface area contributed by atoms with Crippen LogP contribution in [0.1, 0.15) is 24.1 Å². The van der Waals surface area contributed by atoms with Gasteiger partial charge in [0.1, 0.15) is 0 Å². The first-order valence-corrected chi connectivity index (χ1v) is 10.6. The van der Waals surface area contributed by atoms with Crippen molar-refractivity contribution in [2.24, 2.45) is 0 Å². The van der Waals surface area contributed by atoms with Crippen LogP contribution in [0.15, 0.2) is 23.6 Å². The number of carbonyl (C=O) groups is 1. The smallest absolute Gasteiger partial charge is 0.246 e. The number of thiophene rings is 1. The van der Waals surface area contributed by atoms with E-state index in [0.29, 0.717) is 13.0 Å². The Morgan fingerprint density at radius 3 is 2.91 bits per heavy atom. The van der Waals surface area contributed by atoms with Crippen LogP contribution < -0.4 is 0 Å². The molecule has 1 aromatic rings. The van der Waals surface area contributed by atoms with Crippen molar-refractivity contribution >= 4 is 33.2 Å². The molecule has 2 atom stereocenters. The fourth-order valence-corrected chi connectivity index (χ4v) is 5.43. The van der Waals surface area contributed by atoms with E-state index in [1.54, 1.807) is 28.4 Å². The lowest BCUT2D eigenvalue weighted by molar-refractivity contribution is -0.129. The lowest BCUT2D eigenvalue weighted by atomic mass is 10.1. The molecule has 2 aliphatic heterocycles. The fourth-order valence-electron chi connectivity index (χ4n) is 3.08. The molecule has 126 valence electrons. The minimum absolute atomic E-state index is 0.0254. The van der Waals surface area contributed by atoms with Crippen molar-refractivity contribution in [2.45, 2.75) is 31.4 Å². The third kappa shape index (κ3) is 4.43. The van der Waals surface area contributed by atoms with Gasteiger partial charge in [0, 0.05) is 30.1 Å². The number of nitrogens with zero attached hydrogens (tertiary/aromatic N) is 1. The second kappa shape index (κ2) is 7.15. The standard InChI is InChI=1S/C16H21NO4S2/c18-16(6-5-15-4-2-9-22-15)17(11-14-3-1-8-21-14)13-7-10-23(19,20)12-13/h2,4-6,9,13-14H,1,3,7-8,10-12H2/b6-5+/t13-,14+/m0/s1. The van der Waals surface area contributed by atoms with Crippen molar-refractivity contribution in [3.8, 4) is 0 Å². The van der Waals surface area contributed by atoms with Gasteiger partial charge in [0.25, 0.3) is 0 Å². The Labute approximate surface area is 140 Å². The molecule has 1 amide bonds. The molecule has 0 saturated carbocycles. The summed E-state index contributed by atoms with van der Waals surface area (Å²) in [6.45, 7) is 1.20. The van der Waals surface area contributed by atoms with Gasteiger partial charge in [-0.1, -0.05) is 6.07 Å². The average Bonchev–Trinajstić information content (AvgIpc) is 3.24. The highest BCUT2D eigenvalue weighted by molar-refractivity contribution is 7.91. The van der Waals surface area contributed by atoms with Crippen LogP contribution in [0.5, 0.6) is 0 Å². The largest absolute Gasteiger partial charge is 0.376 e. The van der Waals surface area contributed by atoms with Crippen molar-refractivity contribution in [3.63, 3.8) is 0 Å². The Hall–Kier alpha value is -1.18. The lowest BCUT2D eigenvalue weighted by Crippen LogP contribution is -2.44. The maximum atomic E-state index is 12.6. The Balaban J connectivity index is 1.72. The van der Waals surface area contributed by atoms with Crippen LogP contribution >= 0.6 is 11.3 Å². The number of rotatable bonds is 5. The number of ether oxygens (including phenoxy) is 1. The van der Waals surface area contributed by atoms with Crippen LogP contribution in [-0.2, 0) is 19.4 Å². The second-order valence-corrected chi connectivity index (χ2v) is 9.24. The van der Waals surface area contributed by atoms with Crippen LogP contribution in [0.3, 0.4) is 0 Å². The van der Waals surface area contributed by atoms with E-state index in [2.05, 4.69) is 0 Å². The lowest BCUT2D eigenvalue weighted by Gasteiger charge is -2.29. The van der Waals surface area contributed by atoms with E-state index in [9.17, 15) is 13.2 Å². The second-order valence-electron chi connectivity index (χ2n) is 6.03. The molecule has 3 heterocycles. The third-order valence-corrected chi connectivity index (χ3v) is 6.88. The Bertz CT molecular complexity index is 660. The summed E-state index contributed by atoms with van der Waals surface area (Å²) in [6.07, 6.45) is 5.81. The Morgan fingerprint density at radius 1 is 1.43 bits per heavy atom. The fraction of sp³-hybridized carbons (Fsp3) is 0.562. The molecular formula is C16H21NO4S2. The van der Waals surface area contributed by atoms with E-state index in [1.807, 2.05) is 17.5 Å². The molecule has 0 unspecified atom stereocenters. The number of hydrogen-bond acceptors (Lipinski definition) is 5. The van der Waals surface area contributed by atoms with Crippen LogP contribution in [0.2, 0.25) is 0 Å². The number of sulfone groups is 1. The van der Waals surface area contributed by atoms with E-state index in [0.717, 1.165) is 24.3 Å². The first-order valence-electron chi connectivity index (χ1n) is 7.88. The molecular weight excluding hydrogens is 334 g/mol. The van der Waals surface area contributed by atoms with E-state index in [-0.39, 0.29) is 29.6 Å². The molecule has 0 aromatic carbocycles. The van der Waals surface area contributed by atoms with Gasteiger partial charge >= 0.3 is 0 Å². The highest BCUT2D eigenvalue weighted by Gasteiger charge is 2.35. The first kappa shape index (κ1) is 16.7. The zero-order chi connectivity index (χ0) is 16.3. The van der Waals surface area contributed by atoms with Crippen molar-refractivity contribution in [1.29, 1.82) is 0 Å². The molecule has 23 heavy (non-hydrogen) atoms. The molecule has 0 aliphatic carbocycles. The van der Waals surface area contributed by atoms with Gasteiger partial charge in [-0.25, -0.2) is 8.42 Å². The van der Waals surface area contributed by atoms with E-state index < -0.39 is 9.84 Å². The van der Waals surface area contributed by atoms with Crippen molar-refractivity contribution < 1.29 is 17.9 Å². The Kier molecular flexibility index (Phi) is 5.18. The van der Waals surface area contributed by atoms with E-state index >= 15 is 0 Å². The molecule has 7 heteroatoms. The minimum atomic E-state index is -3.02. The van der Waals surface area contributed by atoms with Gasteiger partial charge in [-0.15, -0.1) is 11.3 Å². The van der Waals surface area contributed by atoms with Crippen LogP contribution in [0.4, 0.5) is 0 Å². The number of amides is 1. The first-order chi connectivity index (χ1) is 11.0. The predicted octanol–water partition coefficient (Wildman–Crippen LogP) is 1.96. The van der Waals surface area contributed by atoms with Gasteiger partial charge in [0.05, 0.1) is 17.6 Å². The quantitative estimate of drug-likeness (QED) is 0.758. The summed E-state index contributed by atoms with van der Waals surface area (Å²) < 4.78 is 29.2. The van der Waals surface area contributed by atoms with Gasteiger partial charge in [-0.2, -0.15) is 0 Å². The average molecular weight is 355 g/mol. The minimum Gasteiger partial charge on any atom is -0.376 e. The molecule has 3 rings (SSSR count). The maximum Gasteiger partial charge on any atom is 0.246 e. The van der Waals surface area contributed by atoms with Gasteiger partial charge in [0.2, 0.25) is 5.91 Å². The summed E-state index contributed by atoms with van der Waals surface area (Å²) in [5, 5.41) is 1.96. The molecule has 1 aromatic heterocycles. The van der Waals surface area contributed by atoms with Crippen LogP contribution in [0.25, 0.3) is 6.08 Å². The predicted molar refractivity (Wildman–Crippen MR) is 91.1 cm³/mol. The number of carbonyl (C=O) groups excluding carboxylic acids is 1. The molecule has 2 saturated heterocycles. The summed E-state index contributed by atoms with van der Waals surface area (Å²) in [7, 11) is -3.02. The molecule has 2 fully saturated rings. The third-order valence-electron chi connectivity index (χ3n) is 4.29. The zero-order valence-corrected chi connectivity index (χ0v) is 14.5. The van der Waals surface area contributed by atoms with E-state index in [1.165, 1.54) is 0 Å². The van der Waals surface area contributed by atoms with Crippen molar-refractivity contribution in [1.82, 2.24) is 4.90 Å². The summed E-state index contributed by atoms with van der Waals surface area (Å²) >= 11 is 1.56. The summed E-state index contributed by atoms with van der Waals surface area (Å²) in [6, 6.07) is 3.64. The monoisotopic (exact) mass is 355 g/mol. The molecule has 2 aliphatic rings. The van der Waals surface area contributed by atoms with Gasteiger partial charge in [-0.3, -0.25) is 4.79 Å². The molecule has 0 N–H and O–H groups in total. The summed E-state index contributed by atoms with van der Waals surface area (Å²) in [4.78, 5) is 15.3. The van der Waals surface area contributed by atoms with E-state index in [4.69, 9.17) is 4.74 Å². The van der Waals surface area contributed by atoms with Gasteiger partial charge in [-0.05, 0) is 36.8 Å². The van der Waals surface area contributed by atoms with Gasteiger partial charge in [0.15, 0.2) is 9.84 Å². The molecule has 0 bridgehead atoms. The molecule has 0 radical (unpaired) electrons. The van der Waals surface area contributed by atoms with Crippen LogP contribution in [0, 0.1) is 0 Å². The summed E-state index contributed by atoms with van der Waals surface area (Å²) in [5.41, 5.74) is 0. The van der Waals surface area contributed by atoms with Gasteiger partial charge < -0.3 is 9.64 Å². The normalized spacial score (nSPS) is 26.8. The zero-order valence-electron chi connectivity index (χ0n) is 12.9. The Morgan fingerprint density at radius 2 is 2.30 bits per heavy atom.